The molecule has 1 aliphatic rings. The van der Waals surface area contributed by atoms with E-state index in [1.54, 1.807) is 36.4 Å². The molecule has 0 unspecified atom stereocenters. The monoisotopic (exact) mass is 521 g/mol. The minimum absolute atomic E-state index is 0.101. The van der Waals surface area contributed by atoms with Crippen LogP contribution < -0.4 is 10.6 Å². The molecule has 188 valence electrons. The third-order valence-corrected chi connectivity index (χ3v) is 7.13. The van der Waals surface area contributed by atoms with Crippen LogP contribution in [0.5, 0.6) is 0 Å². The van der Waals surface area contributed by atoms with Crippen LogP contribution in [0, 0.1) is 22.6 Å². The molecule has 2 aromatic rings. The Labute approximate surface area is 215 Å². The first-order valence-corrected chi connectivity index (χ1v) is 12.2. The van der Waals surface area contributed by atoms with Gasteiger partial charge in [-0.2, -0.15) is 5.26 Å². The predicted octanol–water partition coefficient (Wildman–Crippen LogP) is 3.92. The molecule has 6 nitrogen and oxygen atoms in total. The van der Waals surface area contributed by atoms with Crippen LogP contribution in [0.1, 0.15) is 44.2 Å². The highest BCUT2D eigenvalue weighted by atomic mass is 35.5. The van der Waals surface area contributed by atoms with Gasteiger partial charge in [0.15, 0.2) is 0 Å². The molecule has 5 atom stereocenters. The molecule has 1 amide bonds. The number of aliphatic hydroxyl groups is 2. The largest absolute Gasteiger partial charge is 0.394 e. The fraction of sp³-hybridized carbons (Fsp3) is 0.462. The van der Waals surface area contributed by atoms with E-state index in [-0.39, 0.29) is 23.6 Å². The van der Waals surface area contributed by atoms with Gasteiger partial charge in [0.1, 0.15) is 11.2 Å². The molecule has 1 saturated heterocycles. The van der Waals surface area contributed by atoms with Crippen molar-refractivity contribution >= 4 is 29.1 Å². The molecule has 0 saturated carbocycles. The SMILES string of the molecule is CC(C)(C)[C@@H]1N[C@@H](C(=O)NCC[C@H](O)CO)[C@H](c2cccc(Cl)c2F)[C@@]1(C#N)c1ccc(Cl)cc1. The molecule has 0 aromatic heterocycles. The lowest BCUT2D eigenvalue weighted by Gasteiger charge is -2.40. The molecule has 0 spiro atoms. The quantitative estimate of drug-likeness (QED) is 0.441. The lowest BCUT2D eigenvalue weighted by atomic mass is 9.60. The number of nitriles is 1. The number of halogens is 3. The van der Waals surface area contributed by atoms with E-state index in [9.17, 15) is 15.2 Å². The van der Waals surface area contributed by atoms with Crippen molar-refractivity contribution in [3.63, 3.8) is 0 Å². The average molecular weight is 522 g/mol. The van der Waals surface area contributed by atoms with Crippen molar-refractivity contribution in [1.29, 1.82) is 5.26 Å². The lowest BCUT2D eigenvalue weighted by Crippen LogP contribution is -2.50. The van der Waals surface area contributed by atoms with Crippen LogP contribution in [-0.4, -0.2) is 47.5 Å². The Bertz CT molecular complexity index is 1100. The van der Waals surface area contributed by atoms with Crippen molar-refractivity contribution in [2.45, 2.75) is 56.7 Å². The van der Waals surface area contributed by atoms with Gasteiger partial charge < -0.3 is 15.5 Å². The summed E-state index contributed by atoms with van der Waals surface area (Å²) >= 11 is 12.3. The number of nitrogens with zero attached hydrogens (tertiary/aromatic N) is 1. The summed E-state index contributed by atoms with van der Waals surface area (Å²) in [6, 6.07) is 12.3. The molecule has 2 aromatic carbocycles. The van der Waals surface area contributed by atoms with Gasteiger partial charge in [0.2, 0.25) is 5.91 Å². The highest BCUT2D eigenvalue weighted by Gasteiger charge is 2.62. The van der Waals surface area contributed by atoms with Gasteiger partial charge in [0.05, 0.1) is 29.8 Å². The summed E-state index contributed by atoms with van der Waals surface area (Å²) in [6.07, 6.45) is -0.823. The fourth-order valence-electron chi connectivity index (χ4n) is 5.03. The van der Waals surface area contributed by atoms with Gasteiger partial charge in [-0.3, -0.25) is 10.1 Å². The molecule has 1 aliphatic heterocycles. The second-order valence-electron chi connectivity index (χ2n) is 9.97. The zero-order valence-electron chi connectivity index (χ0n) is 19.9. The topological polar surface area (TPSA) is 105 Å². The summed E-state index contributed by atoms with van der Waals surface area (Å²) < 4.78 is 15.5. The lowest BCUT2D eigenvalue weighted by molar-refractivity contribution is -0.123. The van der Waals surface area contributed by atoms with Gasteiger partial charge in [0.25, 0.3) is 0 Å². The highest BCUT2D eigenvalue weighted by molar-refractivity contribution is 6.31. The summed E-state index contributed by atoms with van der Waals surface area (Å²) in [5, 5.41) is 36.0. The fourth-order valence-corrected chi connectivity index (χ4v) is 5.34. The van der Waals surface area contributed by atoms with E-state index in [1.165, 1.54) is 6.07 Å². The second kappa shape index (κ2) is 10.8. The van der Waals surface area contributed by atoms with Crippen LogP contribution in [0.2, 0.25) is 10.0 Å². The van der Waals surface area contributed by atoms with Crippen LogP contribution in [-0.2, 0) is 10.2 Å². The van der Waals surface area contributed by atoms with Crippen molar-refractivity contribution in [2.75, 3.05) is 13.2 Å². The maximum absolute atomic E-state index is 15.5. The second-order valence-corrected chi connectivity index (χ2v) is 10.8. The number of nitrogens with one attached hydrogen (secondary N) is 2. The van der Waals surface area contributed by atoms with Crippen molar-refractivity contribution in [1.82, 2.24) is 10.6 Å². The smallest absolute Gasteiger partial charge is 0.237 e. The number of rotatable bonds is 7. The normalized spacial score (nSPS) is 25.2. The van der Waals surface area contributed by atoms with E-state index in [4.69, 9.17) is 28.3 Å². The Kier molecular flexibility index (Phi) is 8.46. The Balaban J connectivity index is 2.21. The van der Waals surface area contributed by atoms with Crippen LogP contribution in [0.15, 0.2) is 42.5 Å². The number of amides is 1. The molecule has 0 aliphatic carbocycles. The van der Waals surface area contributed by atoms with Crippen LogP contribution in [0.25, 0.3) is 0 Å². The Hall–Kier alpha value is -2.21. The van der Waals surface area contributed by atoms with Crippen LogP contribution in [0.4, 0.5) is 4.39 Å². The maximum Gasteiger partial charge on any atom is 0.237 e. The number of hydrogen-bond acceptors (Lipinski definition) is 5. The van der Waals surface area contributed by atoms with Crippen LogP contribution in [0.3, 0.4) is 0 Å². The molecule has 0 radical (unpaired) electrons. The Morgan fingerprint density at radius 3 is 2.49 bits per heavy atom. The zero-order valence-corrected chi connectivity index (χ0v) is 21.4. The summed E-state index contributed by atoms with van der Waals surface area (Å²) in [4.78, 5) is 13.5. The summed E-state index contributed by atoms with van der Waals surface area (Å²) in [7, 11) is 0. The van der Waals surface area contributed by atoms with E-state index in [0.29, 0.717) is 10.6 Å². The molecule has 4 N–H and O–H groups in total. The number of carbonyl (C=O) groups excluding carboxylic acids is 1. The van der Waals surface area contributed by atoms with E-state index in [1.807, 2.05) is 20.8 Å². The zero-order chi connectivity index (χ0) is 26.0. The highest BCUT2D eigenvalue weighted by Crippen LogP contribution is 2.53. The number of benzene rings is 2. The molecule has 1 fully saturated rings. The maximum atomic E-state index is 15.5. The molecule has 35 heavy (non-hydrogen) atoms. The van der Waals surface area contributed by atoms with Crippen LogP contribution >= 0.6 is 23.2 Å². The first kappa shape index (κ1) is 27.4. The van der Waals surface area contributed by atoms with Crippen molar-refractivity contribution < 1.29 is 19.4 Å². The van der Waals surface area contributed by atoms with E-state index < -0.39 is 53.3 Å². The van der Waals surface area contributed by atoms with Crippen molar-refractivity contribution in [3.8, 4) is 6.07 Å². The molecule has 1 heterocycles. The number of carbonyl (C=O) groups is 1. The van der Waals surface area contributed by atoms with Gasteiger partial charge in [-0.25, -0.2) is 4.39 Å². The standard InChI is InChI=1S/C26H30Cl2FN3O3/c1-25(2,3)24-26(14-30,15-7-9-16(27)10-8-15)20(18-5-4-6-19(28)21(18)29)22(32-24)23(35)31-12-11-17(34)13-33/h4-10,17,20,22,24,32-34H,11-13H2,1-3H3,(H,31,35)/t17-,20-,22+,24-,26+/m0/s1. The van der Waals surface area contributed by atoms with Gasteiger partial charge in [0, 0.05) is 23.5 Å². The predicted molar refractivity (Wildman–Crippen MR) is 134 cm³/mol. The minimum atomic E-state index is -1.35. The Morgan fingerprint density at radius 2 is 1.91 bits per heavy atom. The molecule has 3 rings (SSSR count). The molecule has 0 bridgehead atoms. The summed E-state index contributed by atoms with van der Waals surface area (Å²) in [5.74, 6) is -2.06. The Morgan fingerprint density at radius 1 is 1.26 bits per heavy atom. The first-order valence-electron chi connectivity index (χ1n) is 11.4. The van der Waals surface area contributed by atoms with Gasteiger partial charge in [-0.1, -0.05) is 68.2 Å². The van der Waals surface area contributed by atoms with Gasteiger partial charge in [-0.15, -0.1) is 0 Å². The van der Waals surface area contributed by atoms with Crippen molar-refractivity contribution in [3.05, 3.63) is 69.5 Å². The molecular formula is C26H30Cl2FN3O3. The molecular weight excluding hydrogens is 492 g/mol. The first-order chi connectivity index (χ1) is 16.5. The number of hydrogen-bond donors (Lipinski definition) is 4. The van der Waals surface area contributed by atoms with Gasteiger partial charge in [-0.05, 0) is 41.2 Å². The third kappa shape index (κ3) is 5.32. The minimum Gasteiger partial charge on any atom is -0.394 e. The van der Waals surface area contributed by atoms with E-state index >= 15 is 4.39 Å². The molecule has 9 heteroatoms. The summed E-state index contributed by atoms with van der Waals surface area (Å²) in [6.45, 7) is 5.54. The summed E-state index contributed by atoms with van der Waals surface area (Å²) in [5.41, 5.74) is -1.10. The third-order valence-electron chi connectivity index (χ3n) is 6.58. The van der Waals surface area contributed by atoms with E-state index in [2.05, 4.69) is 16.7 Å². The van der Waals surface area contributed by atoms with E-state index in [0.717, 1.165) is 0 Å². The van der Waals surface area contributed by atoms with Crippen molar-refractivity contribution in [2.24, 2.45) is 5.41 Å². The average Bonchev–Trinajstić information content (AvgIpc) is 3.17. The van der Waals surface area contributed by atoms with Gasteiger partial charge >= 0.3 is 0 Å². The number of aliphatic hydroxyl groups excluding tert-OH is 2.